The third kappa shape index (κ3) is 5.59. The zero-order chi connectivity index (χ0) is 25.3. The molecular formula is C30H28N2O4. The third-order valence-corrected chi connectivity index (χ3v) is 5.92. The van der Waals surface area contributed by atoms with E-state index in [0.717, 1.165) is 35.4 Å². The van der Waals surface area contributed by atoms with Crippen LogP contribution in [-0.4, -0.2) is 32.8 Å². The van der Waals surface area contributed by atoms with Crippen LogP contribution in [0, 0.1) is 11.3 Å². The van der Waals surface area contributed by atoms with Gasteiger partial charge in [0.2, 0.25) is 0 Å². The molecule has 182 valence electrons. The normalized spacial score (nSPS) is 12.4. The SMILES string of the molecule is C=CCc1ccccc1OCCOc1ccc(C=C(C#N)C(=O)N2CCc3ccccc32)cc1OC. The quantitative estimate of drug-likeness (QED) is 0.169. The molecule has 1 amide bonds. The van der Waals surface area contributed by atoms with E-state index in [9.17, 15) is 10.1 Å². The number of hydrogen-bond acceptors (Lipinski definition) is 5. The minimum atomic E-state index is -0.310. The minimum Gasteiger partial charge on any atom is -0.493 e. The van der Waals surface area contributed by atoms with Gasteiger partial charge in [-0.15, -0.1) is 6.58 Å². The lowest BCUT2D eigenvalue weighted by Crippen LogP contribution is -2.29. The van der Waals surface area contributed by atoms with E-state index < -0.39 is 0 Å². The number of hydrogen-bond donors (Lipinski definition) is 0. The number of carbonyl (C=O) groups excluding carboxylic acids is 1. The van der Waals surface area contributed by atoms with E-state index in [2.05, 4.69) is 12.6 Å². The predicted octanol–water partition coefficient (Wildman–Crippen LogP) is 5.38. The summed E-state index contributed by atoms with van der Waals surface area (Å²) in [6, 6.07) is 23.0. The first-order chi connectivity index (χ1) is 17.6. The molecule has 0 bridgehead atoms. The van der Waals surface area contributed by atoms with Crippen molar-refractivity contribution >= 4 is 17.7 Å². The average Bonchev–Trinajstić information content (AvgIpc) is 3.35. The Kier molecular flexibility index (Phi) is 8.05. The molecule has 36 heavy (non-hydrogen) atoms. The van der Waals surface area contributed by atoms with Crippen molar-refractivity contribution in [2.45, 2.75) is 12.8 Å². The van der Waals surface area contributed by atoms with Gasteiger partial charge in [-0.05, 0) is 59.9 Å². The van der Waals surface area contributed by atoms with Crippen LogP contribution in [0.3, 0.4) is 0 Å². The fourth-order valence-corrected chi connectivity index (χ4v) is 4.17. The summed E-state index contributed by atoms with van der Waals surface area (Å²) in [7, 11) is 1.55. The minimum absolute atomic E-state index is 0.0639. The molecule has 0 unspecified atom stereocenters. The number of para-hydroxylation sites is 2. The Bertz CT molecular complexity index is 1320. The molecule has 0 radical (unpaired) electrons. The summed E-state index contributed by atoms with van der Waals surface area (Å²) in [5.74, 6) is 1.56. The van der Waals surface area contributed by atoms with Gasteiger partial charge in [0.15, 0.2) is 11.5 Å². The Hall–Kier alpha value is -4.50. The van der Waals surface area contributed by atoms with E-state index in [1.807, 2.05) is 54.6 Å². The van der Waals surface area contributed by atoms with Crippen molar-refractivity contribution in [3.05, 3.63) is 102 Å². The van der Waals surface area contributed by atoms with E-state index in [1.165, 1.54) is 0 Å². The first-order valence-electron chi connectivity index (χ1n) is 11.8. The van der Waals surface area contributed by atoms with Crippen LogP contribution >= 0.6 is 0 Å². The number of nitrogens with zero attached hydrogens (tertiary/aromatic N) is 2. The molecule has 0 spiro atoms. The van der Waals surface area contributed by atoms with E-state index in [1.54, 1.807) is 36.3 Å². The number of anilines is 1. The van der Waals surface area contributed by atoms with Crippen molar-refractivity contribution in [1.82, 2.24) is 0 Å². The Morgan fingerprint density at radius 3 is 2.56 bits per heavy atom. The molecule has 0 saturated heterocycles. The molecule has 6 nitrogen and oxygen atoms in total. The van der Waals surface area contributed by atoms with Crippen LogP contribution in [0.5, 0.6) is 17.2 Å². The number of amides is 1. The molecule has 4 rings (SSSR count). The van der Waals surface area contributed by atoms with Crippen molar-refractivity contribution in [3.8, 4) is 23.3 Å². The van der Waals surface area contributed by atoms with Gasteiger partial charge in [0.05, 0.1) is 7.11 Å². The van der Waals surface area contributed by atoms with Gasteiger partial charge in [0.25, 0.3) is 5.91 Å². The van der Waals surface area contributed by atoms with Gasteiger partial charge in [0, 0.05) is 12.2 Å². The lowest BCUT2D eigenvalue weighted by Gasteiger charge is -2.17. The van der Waals surface area contributed by atoms with Gasteiger partial charge in [-0.1, -0.05) is 48.5 Å². The molecular weight excluding hydrogens is 452 g/mol. The maximum atomic E-state index is 13.1. The van der Waals surface area contributed by atoms with Crippen molar-refractivity contribution < 1.29 is 19.0 Å². The number of carbonyl (C=O) groups is 1. The molecule has 1 heterocycles. The summed E-state index contributed by atoms with van der Waals surface area (Å²) in [4.78, 5) is 14.7. The Morgan fingerprint density at radius 1 is 1.03 bits per heavy atom. The van der Waals surface area contributed by atoms with Crippen molar-refractivity contribution in [1.29, 1.82) is 5.26 Å². The molecule has 0 aliphatic carbocycles. The molecule has 0 fully saturated rings. The summed E-state index contributed by atoms with van der Waals surface area (Å²) < 4.78 is 17.2. The Labute approximate surface area is 211 Å². The van der Waals surface area contributed by atoms with Crippen molar-refractivity contribution in [3.63, 3.8) is 0 Å². The highest BCUT2D eigenvalue weighted by Crippen LogP contribution is 2.31. The molecule has 0 saturated carbocycles. The first-order valence-corrected chi connectivity index (χ1v) is 11.8. The van der Waals surface area contributed by atoms with Gasteiger partial charge in [-0.2, -0.15) is 5.26 Å². The number of methoxy groups -OCH3 is 1. The Morgan fingerprint density at radius 2 is 1.78 bits per heavy atom. The standard InChI is InChI=1S/C30H28N2O4/c1-3-8-24-10-5-7-12-27(24)35-17-18-36-28-14-13-22(20-29(28)34-2)19-25(21-31)30(33)32-16-15-23-9-4-6-11-26(23)32/h3-7,9-14,19-20H,1,8,15-18H2,2H3. The topological polar surface area (TPSA) is 71.8 Å². The van der Waals surface area contributed by atoms with Crippen LogP contribution in [0.4, 0.5) is 5.69 Å². The van der Waals surface area contributed by atoms with Gasteiger partial charge in [-0.3, -0.25) is 4.79 Å². The average molecular weight is 481 g/mol. The van der Waals surface area contributed by atoms with Crippen LogP contribution < -0.4 is 19.1 Å². The van der Waals surface area contributed by atoms with Crippen molar-refractivity contribution in [2.24, 2.45) is 0 Å². The molecule has 0 atom stereocenters. The van der Waals surface area contributed by atoms with Crippen LogP contribution in [0.2, 0.25) is 0 Å². The van der Waals surface area contributed by atoms with Crippen LogP contribution in [0.25, 0.3) is 6.08 Å². The molecule has 1 aliphatic rings. The molecule has 0 N–H and O–H groups in total. The van der Waals surface area contributed by atoms with Gasteiger partial charge < -0.3 is 19.1 Å². The van der Waals surface area contributed by atoms with E-state index in [0.29, 0.717) is 36.8 Å². The molecule has 0 aromatic heterocycles. The molecule has 3 aromatic carbocycles. The second-order valence-corrected chi connectivity index (χ2v) is 8.21. The molecule has 6 heteroatoms. The highest BCUT2D eigenvalue weighted by Gasteiger charge is 2.26. The number of rotatable bonds is 10. The maximum absolute atomic E-state index is 13.1. The highest BCUT2D eigenvalue weighted by molar-refractivity contribution is 6.12. The highest BCUT2D eigenvalue weighted by atomic mass is 16.5. The van der Waals surface area contributed by atoms with Crippen LogP contribution in [0.1, 0.15) is 16.7 Å². The lowest BCUT2D eigenvalue weighted by atomic mass is 10.1. The summed E-state index contributed by atoms with van der Waals surface area (Å²) in [6.45, 7) is 5.04. The lowest BCUT2D eigenvalue weighted by molar-refractivity contribution is -0.114. The zero-order valence-electron chi connectivity index (χ0n) is 20.3. The molecule has 3 aromatic rings. The predicted molar refractivity (Wildman–Crippen MR) is 140 cm³/mol. The van der Waals surface area contributed by atoms with Gasteiger partial charge in [0.1, 0.15) is 30.6 Å². The largest absolute Gasteiger partial charge is 0.493 e. The number of nitriles is 1. The Balaban J connectivity index is 1.41. The fraction of sp³-hybridized carbons (Fsp3) is 0.200. The van der Waals surface area contributed by atoms with Crippen molar-refractivity contribution in [2.75, 3.05) is 31.8 Å². The van der Waals surface area contributed by atoms with Gasteiger partial charge >= 0.3 is 0 Å². The van der Waals surface area contributed by atoms with Crippen LogP contribution in [0.15, 0.2) is 85.0 Å². The summed E-state index contributed by atoms with van der Waals surface area (Å²) in [5, 5.41) is 9.70. The smallest absolute Gasteiger partial charge is 0.268 e. The monoisotopic (exact) mass is 480 g/mol. The maximum Gasteiger partial charge on any atom is 0.268 e. The van der Waals surface area contributed by atoms with Gasteiger partial charge in [-0.25, -0.2) is 0 Å². The summed E-state index contributed by atoms with van der Waals surface area (Å²) >= 11 is 0. The van der Waals surface area contributed by atoms with E-state index in [4.69, 9.17) is 14.2 Å². The number of fused-ring (bicyclic) bond motifs is 1. The van der Waals surface area contributed by atoms with E-state index in [-0.39, 0.29) is 11.5 Å². The first kappa shape index (κ1) is 24.6. The fourth-order valence-electron chi connectivity index (χ4n) is 4.17. The number of allylic oxidation sites excluding steroid dienone is 1. The summed E-state index contributed by atoms with van der Waals surface area (Å²) in [5.41, 5.74) is 3.78. The zero-order valence-corrected chi connectivity index (χ0v) is 20.3. The third-order valence-electron chi connectivity index (χ3n) is 5.92. The van der Waals surface area contributed by atoms with E-state index >= 15 is 0 Å². The molecule has 1 aliphatic heterocycles. The second-order valence-electron chi connectivity index (χ2n) is 8.21. The number of benzene rings is 3. The summed E-state index contributed by atoms with van der Waals surface area (Å²) in [6.07, 6.45) is 4.94. The van der Waals surface area contributed by atoms with Crippen LogP contribution in [-0.2, 0) is 17.6 Å². The second kappa shape index (κ2) is 11.8. The number of ether oxygens (including phenoxy) is 3.